The average molecular weight is 295 g/mol. The van der Waals surface area contributed by atoms with Crippen molar-refractivity contribution in [2.75, 3.05) is 45.9 Å². The SMILES string of the molecule is CC1(C)CCCNC1C(=O)N1CCC(N2CCOCC2)C1. The molecule has 21 heavy (non-hydrogen) atoms. The molecule has 3 heterocycles. The summed E-state index contributed by atoms with van der Waals surface area (Å²) in [6, 6.07) is 0.527. The molecule has 0 aromatic heterocycles. The summed E-state index contributed by atoms with van der Waals surface area (Å²) in [7, 11) is 0. The van der Waals surface area contributed by atoms with E-state index in [4.69, 9.17) is 4.74 Å². The van der Waals surface area contributed by atoms with Gasteiger partial charge >= 0.3 is 0 Å². The summed E-state index contributed by atoms with van der Waals surface area (Å²) in [4.78, 5) is 17.4. The second-order valence-corrected chi connectivity index (χ2v) is 7.35. The van der Waals surface area contributed by atoms with Crippen LogP contribution in [0.1, 0.15) is 33.1 Å². The summed E-state index contributed by atoms with van der Waals surface area (Å²) in [6.07, 6.45) is 3.42. The number of rotatable bonds is 2. The molecule has 3 saturated heterocycles. The van der Waals surface area contributed by atoms with Crippen LogP contribution < -0.4 is 5.32 Å². The highest BCUT2D eigenvalue weighted by Gasteiger charge is 2.41. The molecule has 0 bridgehead atoms. The van der Waals surface area contributed by atoms with Crippen LogP contribution in [0.25, 0.3) is 0 Å². The molecule has 0 saturated carbocycles. The van der Waals surface area contributed by atoms with Crippen LogP contribution in [0.2, 0.25) is 0 Å². The zero-order valence-corrected chi connectivity index (χ0v) is 13.4. The number of amides is 1. The quantitative estimate of drug-likeness (QED) is 0.814. The molecular formula is C16H29N3O2. The first-order valence-corrected chi connectivity index (χ1v) is 8.42. The normalized spacial score (nSPS) is 34.1. The predicted octanol–water partition coefficient (Wildman–Crippen LogP) is 0.698. The summed E-state index contributed by atoms with van der Waals surface area (Å²) >= 11 is 0. The lowest BCUT2D eigenvalue weighted by Crippen LogP contribution is -2.56. The Bertz CT molecular complexity index is 380. The molecule has 3 aliphatic rings. The number of ether oxygens (including phenoxy) is 1. The molecule has 0 aromatic rings. The first kappa shape index (κ1) is 15.3. The van der Waals surface area contributed by atoms with Gasteiger partial charge in [-0.3, -0.25) is 9.69 Å². The van der Waals surface area contributed by atoms with E-state index in [0.717, 1.165) is 58.8 Å². The van der Waals surface area contributed by atoms with Gasteiger partial charge in [0.15, 0.2) is 0 Å². The number of carbonyl (C=O) groups is 1. The molecule has 0 radical (unpaired) electrons. The number of nitrogens with one attached hydrogen (secondary N) is 1. The molecule has 120 valence electrons. The van der Waals surface area contributed by atoms with Gasteiger partial charge in [0, 0.05) is 32.2 Å². The van der Waals surface area contributed by atoms with Gasteiger partial charge in [-0.05, 0) is 31.2 Å². The molecule has 5 nitrogen and oxygen atoms in total. The Morgan fingerprint density at radius 2 is 2.00 bits per heavy atom. The largest absolute Gasteiger partial charge is 0.379 e. The Hall–Kier alpha value is -0.650. The van der Waals surface area contributed by atoms with Gasteiger partial charge in [-0.25, -0.2) is 0 Å². The summed E-state index contributed by atoms with van der Waals surface area (Å²) in [5.74, 6) is 0.315. The van der Waals surface area contributed by atoms with Gasteiger partial charge in [-0.1, -0.05) is 13.8 Å². The molecule has 2 unspecified atom stereocenters. The van der Waals surface area contributed by atoms with Crippen LogP contribution in [0.3, 0.4) is 0 Å². The number of morpholine rings is 1. The first-order valence-electron chi connectivity index (χ1n) is 8.42. The third kappa shape index (κ3) is 3.25. The Morgan fingerprint density at radius 1 is 1.24 bits per heavy atom. The molecule has 1 amide bonds. The van der Waals surface area contributed by atoms with Crippen LogP contribution in [-0.2, 0) is 9.53 Å². The minimum absolute atomic E-state index is 0.00492. The summed E-state index contributed by atoms with van der Waals surface area (Å²) in [6.45, 7) is 10.9. The molecule has 1 N–H and O–H groups in total. The smallest absolute Gasteiger partial charge is 0.240 e. The van der Waals surface area contributed by atoms with E-state index in [9.17, 15) is 4.79 Å². The van der Waals surface area contributed by atoms with Crippen molar-refractivity contribution in [2.45, 2.75) is 45.2 Å². The zero-order chi connectivity index (χ0) is 14.9. The van der Waals surface area contributed by atoms with E-state index in [1.54, 1.807) is 0 Å². The molecule has 5 heteroatoms. The van der Waals surface area contributed by atoms with Gasteiger partial charge in [0.25, 0.3) is 0 Å². The fourth-order valence-corrected chi connectivity index (χ4v) is 4.00. The van der Waals surface area contributed by atoms with Gasteiger partial charge in [0.1, 0.15) is 0 Å². The maximum absolute atomic E-state index is 12.9. The summed E-state index contributed by atoms with van der Waals surface area (Å²) < 4.78 is 5.42. The number of hydrogen-bond donors (Lipinski definition) is 1. The van der Waals surface area contributed by atoms with E-state index in [1.807, 2.05) is 0 Å². The van der Waals surface area contributed by atoms with Crippen LogP contribution in [0, 0.1) is 5.41 Å². The van der Waals surface area contributed by atoms with E-state index < -0.39 is 0 Å². The van der Waals surface area contributed by atoms with E-state index in [-0.39, 0.29) is 11.5 Å². The van der Waals surface area contributed by atoms with Crippen molar-refractivity contribution in [3.05, 3.63) is 0 Å². The van der Waals surface area contributed by atoms with Crippen molar-refractivity contribution in [1.82, 2.24) is 15.1 Å². The Labute approximate surface area is 128 Å². The number of hydrogen-bond acceptors (Lipinski definition) is 4. The third-order valence-electron chi connectivity index (χ3n) is 5.41. The fraction of sp³-hybridized carbons (Fsp3) is 0.938. The van der Waals surface area contributed by atoms with Crippen LogP contribution in [0.5, 0.6) is 0 Å². The fourth-order valence-electron chi connectivity index (χ4n) is 4.00. The van der Waals surface area contributed by atoms with Crippen LogP contribution in [0.15, 0.2) is 0 Å². The Balaban J connectivity index is 1.58. The number of likely N-dealkylation sites (tertiary alicyclic amines) is 1. The first-order chi connectivity index (χ1) is 10.1. The minimum atomic E-state index is -0.00492. The highest BCUT2D eigenvalue weighted by atomic mass is 16.5. The summed E-state index contributed by atoms with van der Waals surface area (Å²) in [5, 5.41) is 3.46. The van der Waals surface area contributed by atoms with E-state index in [0.29, 0.717) is 11.9 Å². The van der Waals surface area contributed by atoms with E-state index >= 15 is 0 Å². The van der Waals surface area contributed by atoms with Gasteiger partial charge in [-0.15, -0.1) is 0 Å². The van der Waals surface area contributed by atoms with E-state index in [2.05, 4.69) is 29.0 Å². The maximum Gasteiger partial charge on any atom is 0.240 e. The molecular weight excluding hydrogens is 266 g/mol. The Morgan fingerprint density at radius 3 is 2.71 bits per heavy atom. The predicted molar refractivity (Wildman–Crippen MR) is 82.2 cm³/mol. The van der Waals surface area contributed by atoms with Gasteiger partial charge in [0.2, 0.25) is 5.91 Å². The van der Waals surface area contributed by atoms with Gasteiger partial charge in [0.05, 0.1) is 19.3 Å². The average Bonchev–Trinajstić information content (AvgIpc) is 2.97. The van der Waals surface area contributed by atoms with Crippen molar-refractivity contribution in [1.29, 1.82) is 0 Å². The van der Waals surface area contributed by atoms with Crippen LogP contribution >= 0.6 is 0 Å². The van der Waals surface area contributed by atoms with Crippen molar-refractivity contribution >= 4 is 5.91 Å². The Kier molecular flexibility index (Phi) is 4.52. The molecule has 0 spiro atoms. The van der Waals surface area contributed by atoms with Crippen molar-refractivity contribution < 1.29 is 9.53 Å². The second kappa shape index (κ2) is 6.23. The molecule has 0 aromatic carbocycles. The maximum atomic E-state index is 12.9. The van der Waals surface area contributed by atoms with Gasteiger partial charge < -0.3 is 15.0 Å². The van der Waals surface area contributed by atoms with Crippen LogP contribution in [-0.4, -0.2) is 73.7 Å². The van der Waals surface area contributed by atoms with Crippen molar-refractivity contribution in [2.24, 2.45) is 5.41 Å². The zero-order valence-electron chi connectivity index (χ0n) is 13.4. The lowest BCUT2D eigenvalue weighted by atomic mass is 9.77. The molecule has 2 atom stereocenters. The van der Waals surface area contributed by atoms with Crippen LogP contribution in [0.4, 0.5) is 0 Å². The highest BCUT2D eigenvalue weighted by molar-refractivity contribution is 5.83. The highest BCUT2D eigenvalue weighted by Crippen LogP contribution is 2.32. The van der Waals surface area contributed by atoms with Gasteiger partial charge in [-0.2, -0.15) is 0 Å². The molecule has 3 fully saturated rings. The lowest BCUT2D eigenvalue weighted by Gasteiger charge is -2.40. The second-order valence-electron chi connectivity index (χ2n) is 7.35. The number of piperidine rings is 1. The monoisotopic (exact) mass is 295 g/mol. The molecule has 0 aliphatic carbocycles. The standard InChI is InChI=1S/C16H29N3O2/c1-16(2)5-3-6-17-14(16)15(20)19-7-4-13(12-19)18-8-10-21-11-9-18/h13-14,17H,3-12H2,1-2H3. The molecule has 3 rings (SSSR count). The van der Waals surface area contributed by atoms with Crippen molar-refractivity contribution in [3.63, 3.8) is 0 Å². The topological polar surface area (TPSA) is 44.8 Å². The number of nitrogens with zero attached hydrogens (tertiary/aromatic N) is 2. The van der Waals surface area contributed by atoms with E-state index in [1.165, 1.54) is 6.42 Å². The minimum Gasteiger partial charge on any atom is -0.379 e. The molecule has 3 aliphatic heterocycles. The lowest BCUT2D eigenvalue weighted by molar-refractivity contribution is -0.136. The number of carbonyl (C=O) groups excluding carboxylic acids is 1. The van der Waals surface area contributed by atoms with Crippen molar-refractivity contribution in [3.8, 4) is 0 Å². The summed E-state index contributed by atoms with van der Waals surface area (Å²) in [5.41, 5.74) is 0.0758. The third-order valence-corrected chi connectivity index (χ3v) is 5.41.